The van der Waals surface area contributed by atoms with E-state index < -0.39 is 0 Å². The van der Waals surface area contributed by atoms with Gasteiger partial charge in [0.2, 0.25) is 5.91 Å². The molecule has 0 radical (unpaired) electrons. The molecule has 0 saturated carbocycles. The molecule has 2 rings (SSSR count). The molecular formula is C16H24N2O2S. The van der Waals surface area contributed by atoms with Crippen molar-refractivity contribution < 1.29 is 9.53 Å². The molecule has 1 aliphatic rings. The van der Waals surface area contributed by atoms with Crippen LogP contribution in [0.1, 0.15) is 12.8 Å². The summed E-state index contributed by atoms with van der Waals surface area (Å²) in [6.45, 7) is 2.78. The molecule has 1 amide bonds. The zero-order chi connectivity index (χ0) is 15.1. The molecule has 1 aliphatic heterocycles. The highest BCUT2D eigenvalue weighted by Crippen LogP contribution is 2.24. The second-order valence-corrected chi connectivity index (χ2v) is 6.42. The maximum absolute atomic E-state index is 12.3. The lowest BCUT2D eigenvalue weighted by Crippen LogP contribution is -2.43. The monoisotopic (exact) mass is 308 g/mol. The maximum Gasteiger partial charge on any atom is 0.232 e. The van der Waals surface area contributed by atoms with Gasteiger partial charge in [-0.15, -0.1) is 11.8 Å². The van der Waals surface area contributed by atoms with Gasteiger partial charge in [-0.3, -0.25) is 4.79 Å². The Morgan fingerprint density at radius 1 is 1.52 bits per heavy atom. The van der Waals surface area contributed by atoms with Crippen molar-refractivity contribution in [2.75, 3.05) is 39.5 Å². The molecule has 1 fully saturated rings. The summed E-state index contributed by atoms with van der Waals surface area (Å²) in [6, 6.07) is 7.85. The Hall–Kier alpha value is -1.20. The highest BCUT2D eigenvalue weighted by atomic mass is 32.2. The number of nitrogens with zero attached hydrogens (tertiary/aromatic N) is 1. The van der Waals surface area contributed by atoms with E-state index in [1.54, 1.807) is 18.9 Å². The molecular weight excluding hydrogens is 284 g/mol. The number of methoxy groups -OCH3 is 1. The summed E-state index contributed by atoms with van der Waals surface area (Å²) < 4.78 is 5.20. The third-order valence-electron chi connectivity index (χ3n) is 3.77. The topological polar surface area (TPSA) is 41.6 Å². The zero-order valence-corrected chi connectivity index (χ0v) is 13.6. The molecule has 0 bridgehead atoms. The van der Waals surface area contributed by atoms with Gasteiger partial charge in [-0.1, -0.05) is 6.07 Å². The molecule has 1 saturated heterocycles. The zero-order valence-electron chi connectivity index (χ0n) is 12.8. The van der Waals surface area contributed by atoms with E-state index in [2.05, 4.69) is 5.32 Å². The third-order valence-corrected chi connectivity index (χ3v) is 4.75. The number of likely N-dealkylation sites (tertiary alicyclic amines) is 1. The second-order valence-electron chi connectivity index (χ2n) is 5.37. The van der Waals surface area contributed by atoms with E-state index >= 15 is 0 Å². The van der Waals surface area contributed by atoms with Crippen LogP contribution in [-0.2, 0) is 4.79 Å². The number of ether oxygens (including phenoxy) is 1. The van der Waals surface area contributed by atoms with Crippen molar-refractivity contribution in [3.63, 3.8) is 0 Å². The predicted molar refractivity (Wildman–Crippen MR) is 86.9 cm³/mol. The van der Waals surface area contributed by atoms with Crippen LogP contribution in [-0.4, -0.2) is 50.4 Å². The van der Waals surface area contributed by atoms with Gasteiger partial charge in [-0.05, 0) is 50.6 Å². The predicted octanol–water partition coefficient (Wildman–Crippen LogP) is 2.25. The maximum atomic E-state index is 12.3. The van der Waals surface area contributed by atoms with Gasteiger partial charge in [0.05, 0.1) is 12.9 Å². The van der Waals surface area contributed by atoms with Crippen LogP contribution in [0.15, 0.2) is 29.2 Å². The number of hydrogen-bond acceptors (Lipinski definition) is 4. The first-order valence-electron chi connectivity index (χ1n) is 7.42. The smallest absolute Gasteiger partial charge is 0.232 e. The summed E-state index contributed by atoms with van der Waals surface area (Å²) >= 11 is 1.58. The number of carbonyl (C=O) groups excluding carboxylic acids is 1. The molecule has 21 heavy (non-hydrogen) atoms. The Labute approximate surface area is 131 Å². The van der Waals surface area contributed by atoms with Crippen molar-refractivity contribution in [3.05, 3.63) is 24.3 Å². The summed E-state index contributed by atoms with van der Waals surface area (Å²) in [4.78, 5) is 15.4. The molecule has 5 heteroatoms. The third kappa shape index (κ3) is 4.93. The quantitative estimate of drug-likeness (QED) is 0.819. The number of benzene rings is 1. The van der Waals surface area contributed by atoms with Crippen LogP contribution in [0.3, 0.4) is 0 Å². The van der Waals surface area contributed by atoms with Crippen molar-refractivity contribution in [1.29, 1.82) is 0 Å². The Bertz CT molecular complexity index is 465. The molecule has 1 heterocycles. The van der Waals surface area contributed by atoms with Crippen LogP contribution in [0.5, 0.6) is 5.75 Å². The minimum absolute atomic E-state index is 0.239. The lowest BCUT2D eigenvalue weighted by molar-refractivity contribution is -0.130. The number of nitrogens with one attached hydrogen (secondary N) is 1. The van der Waals surface area contributed by atoms with E-state index in [1.165, 1.54) is 6.42 Å². The molecule has 0 spiro atoms. The van der Waals surface area contributed by atoms with Crippen LogP contribution in [0.25, 0.3) is 0 Å². The second kappa shape index (κ2) is 8.29. The van der Waals surface area contributed by atoms with Crippen molar-refractivity contribution in [2.24, 2.45) is 5.92 Å². The minimum atomic E-state index is 0.239. The van der Waals surface area contributed by atoms with Gasteiger partial charge in [0.15, 0.2) is 0 Å². The van der Waals surface area contributed by atoms with Gasteiger partial charge in [-0.2, -0.15) is 0 Å². The summed E-state index contributed by atoms with van der Waals surface area (Å²) in [5.74, 6) is 2.16. The van der Waals surface area contributed by atoms with Crippen molar-refractivity contribution in [3.8, 4) is 5.75 Å². The first kappa shape index (κ1) is 16.2. The van der Waals surface area contributed by atoms with Crippen molar-refractivity contribution in [2.45, 2.75) is 17.7 Å². The normalized spacial score (nSPS) is 18.6. The SMILES string of the molecule is CNCC1CCCN(C(=O)CSc2cccc(OC)c2)C1. The highest BCUT2D eigenvalue weighted by Gasteiger charge is 2.22. The van der Waals surface area contributed by atoms with E-state index in [9.17, 15) is 4.79 Å². The average molecular weight is 308 g/mol. The van der Waals surface area contributed by atoms with Crippen molar-refractivity contribution in [1.82, 2.24) is 10.2 Å². The summed E-state index contributed by atoms with van der Waals surface area (Å²) in [5.41, 5.74) is 0. The van der Waals surface area contributed by atoms with Gasteiger partial charge >= 0.3 is 0 Å². The summed E-state index contributed by atoms with van der Waals surface area (Å²) in [5, 5.41) is 3.21. The molecule has 0 aromatic heterocycles. The fourth-order valence-electron chi connectivity index (χ4n) is 2.67. The fourth-order valence-corrected chi connectivity index (χ4v) is 3.52. The summed E-state index contributed by atoms with van der Waals surface area (Å²) in [6.07, 6.45) is 2.33. The van der Waals surface area contributed by atoms with Gasteiger partial charge < -0.3 is 15.0 Å². The molecule has 1 atom stereocenters. The number of piperidine rings is 1. The number of hydrogen-bond donors (Lipinski definition) is 1. The van der Waals surface area contributed by atoms with E-state index in [-0.39, 0.29) is 5.91 Å². The highest BCUT2D eigenvalue weighted by molar-refractivity contribution is 8.00. The van der Waals surface area contributed by atoms with Crippen LogP contribution in [0.2, 0.25) is 0 Å². The Morgan fingerprint density at radius 2 is 2.38 bits per heavy atom. The number of rotatable bonds is 6. The minimum Gasteiger partial charge on any atom is -0.497 e. The van der Waals surface area contributed by atoms with Gasteiger partial charge in [-0.25, -0.2) is 0 Å². The largest absolute Gasteiger partial charge is 0.497 e. The molecule has 1 aromatic rings. The van der Waals surface area contributed by atoms with Crippen LogP contribution < -0.4 is 10.1 Å². The Kier molecular flexibility index (Phi) is 6.39. The van der Waals surface area contributed by atoms with Crippen LogP contribution in [0.4, 0.5) is 0 Å². The lowest BCUT2D eigenvalue weighted by atomic mass is 9.98. The van der Waals surface area contributed by atoms with Crippen molar-refractivity contribution >= 4 is 17.7 Å². The fraction of sp³-hybridized carbons (Fsp3) is 0.562. The first-order chi connectivity index (χ1) is 10.2. The van der Waals surface area contributed by atoms with Crippen LogP contribution in [0, 0.1) is 5.92 Å². The standard InChI is InChI=1S/C16H24N2O2S/c1-17-10-13-5-4-8-18(11-13)16(19)12-21-15-7-3-6-14(9-15)20-2/h3,6-7,9,13,17H,4-5,8,10-12H2,1-2H3. The Balaban J connectivity index is 1.83. The van der Waals surface area contributed by atoms with Gasteiger partial charge in [0.25, 0.3) is 0 Å². The number of thioether (sulfide) groups is 1. The molecule has 1 aromatic carbocycles. The first-order valence-corrected chi connectivity index (χ1v) is 8.40. The van der Waals surface area contributed by atoms with Gasteiger partial charge in [0, 0.05) is 18.0 Å². The van der Waals surface area contributed by atoms with Crippen LogP contribution >= 0.6 is 11.8 Å². The molecule has 1 N–H and O–H groups in total. The van der Waals surface area contributed by atoms with E-state index in [0.717, 1.165) is 36.7 Å². The molecule has 1 unspecified atom stereocenters. The van der Waals surface area contributed by atoms with Gasteiger partial charge in [0.1, 0.15) is 5.75 Å². The average Bonchev–Trinajstić information content (AvgIpc) is 2.53. The van der Waals surface area contributed by atoms with E-state index in [4.69, 9.17) is 4.74 Å². The number of amides is 1. The Morgan fingerprint density at radius 3 is 3.14 bits per heavy atom. The summed E-state index contributed by atoms with van der Waals surface area (Å²) in [7, 11) is 3.63. The molecule has 4 nitrogen and oxygen atoms in total. The van der Waals surface area contributed by atoms with E-state index in [0.29, 0.717) is 11.7 Å². The lowest BCUT2D eigenvalue weighted by Gasteiger charge is -2.32. The molecule has 116 valence electrons. The van der Waals surface area contributed by atoms with E-state index in [1.807, 2.05) is 36.2 Å². The molecule has 0 aliphatic carbocycles. The number of carbonyl (C=O) groups is 1.